The lowest BCUT2D eigenvalue weighted by Gasteiger charge is -2.45. The largest absolute Gasteiger partial charge is 0.479 e. The number of rotatable bonds is 5. The number of aliphatic carboxylic acids is 2. The van der Waals surface area contributed by atoms with E-state index in [1.165, 1.54) is 11.1 Å². The third kappa shape index (κ3) is 6.10. The van der Waals surface area contributed by atoms with Crippen LogP contribution >= 0.6 is 0 Å². The number of carbonyl (C=O) groups excluding carboxylic acids is 1. The highest BCUT2D eigenvalue weighted by Crippen LogP contribution is 2.36. The van der Waals surface area contributed by atoms with Gasteiger partial charge in [0, 0.05) is 13.1 Å². The predicted octanol–water partition coefficient (Wildman–Crippen LogP) is 1.74. The Hall–Kier alpha value is -3.47. The lowest BCUT2D eigenvalue weighted by atomic mass is 9.86. The molecule has 2 aromatic rings. The summed E-state index contributed by atoms with van der Waals surface area (Å²) in [7, 11) is 0. The lowest BCUT2D eigenvalue weighted by molar-refractivity contribution is -0.165. The second-order valence-electron chi connectivity index (χ2n) is 9.58. The number of hydrogen-bond acceptors (Lipinski definition) is 7. The number of nitrogens with zero attached hydrogens (tertiary/aromatic N) is 2. The summed E-state index contributed by atoms with van der Waals surface area (Å²) in [5.41, 5.74) is 3.70. The van der Waals surface area contributed by atoms with Crippen LogP contribution in [0.2, 0.25) is 0 Å². The molecule has 1 amide bonds. The molecule has 198 valence electrons. The van der Waals surface area contributed by atoms with Gasteiger partial charge in [-0.05, 0) is 55.0 Å². The van der Waals surface area contributed by atoms with Crippen molar-refractivity contribution in [3.8, 4) is 0 Å². The predicted molar refractivity (Wildman–Crippen MR) is 132 cm³/mol. The fourth-order valence-electron chi connectivity index (χ4n) is 5.27. The van der Waals surface area contributed by atoms with Crippen molar-refractivity contribution in [3.05, 3.63) is 71.3 Å². The van der Waals surface area contributed by atoms with Crippen LogP contribution < -0.4 is 0 Å². The molecular formula is C27H32N2O8. The van der Waals surface area contributed by atoms with E-state index < -0.39 is 24.1 Å². The molecule has 2 bridgehead atoms. The average Bonchev–Trinajstić information content (AvgIpc) is 2.93. The molecule has 0 aliphatic carbocycles. The summed E-state index contributed by atoms with van der Waals surface area (Å²) in [5.74, 6) is -3.00. The van der Waals surface area contributed by atoms with Crippen molar-refractivity contribution in [1.82, 2.24) is 9.80 Å². The monoisotopic (exact) mass is 512 g/mol. The van der Waals surface area contributed by atoms with Gasteiger partial charge in [-0.25, -0.2) is 14.4 Å². The molecule has 3 fully saturated rings. The van der Waals surface area contributed by atoms with Crippen LogP contribution in [0.1, 0.15) is 35.6 Å². The zero-order valence-electron chi connectivity index (χ0n) is 20.3. The van der Waals surface area contributed by atoms with Gasteiger partial charge in [-0.2, -0.15) is 0 Å². The number of aliphatic hydroxyl groups is 2. The summed E-state index contributed by atoms with van der Waals surface area (Å²) in [5, 5.41) is 32.5. The standard InChI is InChI=1S/C23H26N2O2.C4H6O6/c26-23(27-21-16-24-13-10-18(21)11-14-24)25-15-12-17-6-4-5-9-20(17)22(25)19-7-2-1-3-8-19;5-1(3(7)8)2(6)4(9)10/h1-9,18,21-22H,10-16H2;1-2,5-6H,(H,7,8)(H,9,10)/t21-,22?;/m1./s1. The van der Waals surface area contributed by atoms with Crippen molar-refractivity contribution in [2.45, 2.75) is 43.6 Å². The maximum atomic E-state index is 13.2. The summed E-state index contributed by atoms with van der Waals surface area (Å²) >= 11 is 0. The minimum Gasteiger partial charge on any atom is -0.479 e. The highest BCUT2D eigenvalue weighted by atomic mass is 16.6. The Balaban J connectivity index is 0.000000275. The first kappa shape index (κ1) is 26.6. The van der Waals surface area contributed by atoms with Crippen molar-refractivity contribution >= 4 is 18.0 Å². The number of benzene rings is 2. The zero-order valence-corrected chi connectivity index (χ0v) is 20.3. The number of amides is 1. The maximum Gasteiger partial charge on any atom is 0.410 e. The van der Waals surface area contributed by atoms with Crippen LogP contribution in [0.25, 0.3) is 0 Å². The molecule has 4 aliphatic rings. The normalized spacial score (nSPS) is 25.6. The molecule has 3 unspecified atom stereocenters. The molecule has 10 nitrogen and oxygen atoms in total. The number of fused-ring (bicyclic) bond motifs is 4. The van der Waals surface area contributed by atoms with Gasteiger partial charge in [0.05, 0.1) is 6.04 Å². The van der Waals surface area contributed by atoms with Gasteiger partial charge >= 0.3 is 18.0 Å². The Morgan fingerprint density at radius 2 is 1.43 bits per heavy atom. The molecular weight excluding hydrogens is 480 g/mol. The highest BCUT2D eigenvalue weighted by Gasteiger charge is 2.39. The lowest BCUT2D eigenvalue weighted by Crippen LogP contribution is -2.53. The first-order valence-corrected chi connectivity index (χ1v) is 12.4. The van der Waals surface area contributed by atoms with E-state index in [9.17, 15) is 14.4 Å². The summed E-state index contributed by atoms with van der Waals surface area (Å²) in [6.45, 7) is 3.91. The number of carbonyl (C=O) groups is 3. The van der Waals surface area contributed by atoms with Gasteiger partial charge in [0.25, 0.3) is 0 Å². The van der Waals surface area contributed by atoms with Gasteiger partial charge in [-0.15, -0.1) is 0 Å². The van der Waals surface area contributed by atoms with Crippen molar-refractivity contribution < 1.29 is 39.5 Å². The second-order valence-corrected chi connectivity index (χ2v) is 9.58. The van der Waals surface area contributed by atoms with Crippen LogP contribution in [-0.4, -0.2) is 92.7 Å². The molecule has 3 saturated heterocycles. The quantitative estimate of drug-likeness (QED) is 0.470. The average molecular weight is 513 g/mol. The van der Waals surface area contributed by atoms with E-state index in [4.69, 9.17) is 25.2 Å². The van der Waals surface area contributed by atoms with E-state index in [-0.39, 0.29) is 18.2 Å². The highest BCUT2D eigenvalue weighted by molar-refractivity contribution is 5.83. The molecule has 0 aromatic heterocycles. The Morgan fingerprint density at radius 1 is 0.838 bits per heavy atom. The summed E-state index contributed by atoms with van der Waals surface area (Å²) in [6, 6.07) is 18.8. The number of carboxylic acids is 2. The molecule has 2 aromatic carbocycles. The molecule has 4 aliphatic heterocycles. The Kier molecular flexibility index (Phi) is 8.42. The number of hydrogen-bond donors (Lipinski definition) is 4. The van der Waals surface area contributed by atoms with E-state index in [1.807, 2.05) is 23.1 Å². The Labute approximate surface area is 214 Å². The number of ether oxygens (including phenoxy) is 1. The molecule has 0 spiro atoms. The van der Waals surface area contributed by atoms with Crippen LogP contribution in [-0.2, 0) is 20.7 Å². The van der Waals surface area contributed by atoms with E-state index >= 15 is 0 Å². The Morgan fingerprint density at radius 3 is 2.00 bits per heavy atom. The van der Waals surface area contributed by atoms with Crippen LogP contribution in [0.5, 0.6) is 0 Å². The van der Waals surface area contributed by atoms with Gasteiger partial charge in [0.15, 0.2) is 12.2 Å². The first-order valence-electron chi connectivity index (χ1n) is 12.4. The zero-order chi connectivity index (χ0) is 26.5. The van der Waals surface area contributed by atoms with Gasteiger partial charge in [0.1, 0.15) is 6.10 Å². The van der Waals surface area contributed by atoms with E-state index in [0.29, 0.717) is 12.5 Å². The van der Waals surface area contributed by atoms with Crippen molar-refractivity contribution in [3.63, 3.8) is 0 Å². The summed E-state index contributed by atoms with van der Waals surface area (Å²) in [6.07, 6.45) is -1.44. The molecule has 0 saturated carbocycles. The molecule has 0 radical (unpaired) electrons. The third-order valence-electron chi connectivity index (χ3n) is 7.29. The second kappa shape index (κ2) is 11.7. The smallest absolute Gasteiger partial charge is 0.410 e. The molecule has 6 rings (SSSR count). The van der Waals surface area contributed by atoms with Gasteiger partial charge in [-0.1, -0.05) is 54.6 Å². The molecule has 4 atom stereocenters. The van der Waals surface area contributed by atoms with Crippen molar-refractivity contribution in [1.29, 1.82) is 0 Å². The van der Waals surface area contributed by atoms with Crippen LogP contribution in [0, 0.1) is 5.92 Å². The van der Waals surface area contributed by atoms with E-state index in [2.05, 4.69) is 41.3 Å². The van der Waals surface area contributed by atoms with Crippen molar-refractivity contribution in [2.24, 2.45) is 5.92 Å². The van der Waals surface area contributed by atoms with Crippen LogP contribution in [0.4, 0.5) is 4.79 Å². The summed E-state index contributed by atoms with van der Waals surface area (Å²) < 4.78 is 6.08. The van der Waals surface area contributed by atoms with Gasteiger partial charge in [0.2, 0.25) is 0 Å². The summed E-state index contributed by atoms with van der Waals surface area (Å²) in [4.78, 5) is 37.1. The number of piperidine rings is 3. The maximum absolute atomic E-state index is 13.2. The molecule has 10 heteroatoms. The third-order valence-corrected chi connectivity index (χ3v) is 7.29. The number of aliphatic hydroxyl groups excluding tert-OH is 2. The van der Waals surface area contributed by atoms with E-state index in [0.717, 1.165) is 44.5 Å². The van der Waals surface area contributed by atoms with Gasteiger partial charge in [-0.3, -0.25) is 9.80 Å². The van der Waals surface area contributed by atoms with E-state index in [1.54, 1.807) is 0 Å². The van der Waals surface area contributed by atoms with Crippen LogP contribution in [0.15, 0.2) is 54.6 Å². The van der Waals surface area contributed by atoms with Crippen LogP contribution in [0.3, 0.4) is 0 Å². The fourth-order valence-corrected chi connectivity index (χ4v) is 5.27. The number of carboxylic acid groups (broad SMARTS) is 2. The topological polar surface area (TPSA) is 148 Å². The minimum atomic E-state index is -2.27. The molecule has 37 heavy (non-hydrogen) atoms. The molecule has 4 heterocycles. The SMILES string of the molecule is O=C(O)C(O)C(O)C(=O)O.O=C(O[C@@H]1CN2CCC1CC2)N1CCc2ccccc2C1c1ccccc1. The Bertz CT molecular complexity index is 1080. The minimum absolute atomic E-state index is 0.0496. The fraction of sp³-hybridized carbons (Fsp3) is 0.444. The first-order chi connectivity index (χ1) is 17.8. The van der Waals surface area contributed by atoms with Gasteiger partial charge < -0.3 is 25.2 Å². The van der Waals surface area contributed by atoms with Crippen molar-refractivity contribution in [2.75, 3.05) is 26.2 Å². The molecule has 4 N–H and O–H groups in total.